The van der Waals surface area contributed by atoms with Crippen LogP contribution in [0, 0.1) is 13.8 Å². The van der Waals surface area contributed by atoms with Gasteiger partial charge < -0.3 is 0 Å². The molecular weight excluding hydrogens is 374 g/mol. The van der Waals surface area contributed by atoms with Crippen molar-refractivity contribution < 1.29 is 13.2 Å². The first-order valence-electron chi connectivity index (χ1n) is 7.73. The number of aromatic nitrogens is 2. The van der Waals surface area contributed by atoms with Crippen molar-refractivity contribution in [3.05, 3.63) is 76.6 Å². The normalized spacial score (nSPS) is 11.3. The molecule has 0 saturated carbocycles. The molecule has 0 aliphatic heterocycles. The van der Waals surface area contributed by atoms with Gasteiger partial charge in [0.05, 0.1) is 16.3 Å². The molecule has 2 aromatic carbocycles. The molecule has 1 N–H and O–H groups in total. The summed E-state index contributed by atoms with van der Waals surface area (Å²) >= 11 is 5.76. The van der Waals surface area contributed by atoms with Crippen molar-refractivity contribution in [3.8, 4) is 5.69 Å². The zero-order valence-electron chi connectivity index (χ0n) is 14.1. The molecule has 0 unspecified atom stereocenters. The molecule has 0 atom stereocenters. The maximum atomic E-state index is 12.4. The number of nitrogens with one attached hydrogen (secondary N) is 1. The molecule has 0 fully saturated rings. The van der Waals surface area contributed by atoms with E-state index in [1.165, 1.54) is 24.3 Å². The number of amides is 1. The first-order chi connectivity index (χ1) is 12.3. The van der Waals surface area contributed by atoms with E-state index in [1.54, 1.807) is 28.9 Å². The highest BCUT2D eigenvalue weighted by Gasteiger charge is 2.19. The van der Waals surface area contributed by atoms with E-state index in [-0.39, 0.29) is 10.5 Å². The molecule has 1 heterocycles. The monoisotopic (exact) mass is 389 g/mol. The fourth-order valence-corrected chi connectivity index (χ4v) is 3.62. The standard InChI is InChI=1S/C18H16ClN3O3S/c1-12-10-13(2)22(20-12)16-5-3-4-14(11-16)18(23)21-26(24,25)17-8-6-15(19)7-9-17/h3-11H,1-2H3,(H,21,23). The van der Waals surface area contributed by atoms with Crippen molar-refractivity contribution in [1.29, 1.82) is 0 Å². The van der Waals surface area contributed by atoms with Crippen molar-refractivity contribution in [2.45, 2.75) is 18.7 Å². The number of rotatable bonds is 4. The minimum absolute atomic E-state index is 0.0371. The Morgan fingerprint density at radius 2 is 1.77 bits per heavy atom. The Bertz CT molecular complexity index is 1070. The highest BCUT2D eigenvalue weighted by molar-refractivity contribution is 7.90. The summed E-state index contributed by atoms with van der Waals surface area (Å²) in [7, 11) is -3.99. The number of hydrogen-bond donors (Lipinski definition) is 1. The average Bonchev–Trinajstić information content (AvgIpc) is 2.93. The molecule has 1 amide bonds. The SMILES string of the molecule is Cc1cc(C)n(-c2cccc(C(=O)NS(=O)(=O)c3ccc(Cl)cc3)c2)n1. The molecule has 0 spiro atoms. The maximum Gasteiger partial charge on any atom is 0.265 e. The summed E-state index contributed by atoms with van der Waals surface area (Å²) in [6.07, 6.45) is 0. The second-order valence-corrected chi connectivity index (χ2v) is 7.90. The van der Waals surface area contributed by atoms with Crippen LogP contribution in [0.4, 0.5) is 0 Å². The summed E-state index contributed by atoms with van der Waals surface area (Å²) in [6.45, 7) is 3.77. The van der Waals surface area contributed by atoms with Crippen molar-refractivity contribution in [2.24, 2.45) is 0 Å². The lowest BCUT2D eigenvalue weighted by Crippen LogP contribution is -2.30. The third kappa shape index (κ3) is 3.79. The summed E-state index contributed by atoms with van der Waals surface area (Å²) in [4.78, 5) is 12.4. The van der Waals surface area contributed by atoms with Gasteiger partial charge in [-0.15, -0.1) is 0 Å². The van der Waals surface area contributed by atoms with Crippen LogP contribution in [-0.4, -0.2) is 24.1 Å². The Balaban J connectivity index is 1.87. The fraction of sp³-hybridized carbons (Fsp3) is 0.111. The second-order valence-electron chi connectivity index (χ2n) is 5.78. The van der Waals surface area contributed by atoms with Crippen molar-refractivity contribution in [3.63, 3.8) is 0 Å². The number of aryl methyl sites for hydroxylation is 2. The molecule has 0 radical (unpaired) electrons. The topological polar surface area (TPSA) is 81.1 Å². The third-order valence-electron chi connectivity index (χ3n) is 3.71. The Morgan fingerprint density at radius 3 is 2.38 bits per heavy atom. The van der Waals surface area contributed by atoms with Gasteiger partial charge in [0.1, 0.15) is 0 Å². The van der Waals surface area contributed by atoms with Gasteiger partial charge in [0.15, 0.2) is 0 Å². The van der Waals surface area contributed by atoms with Crippen LogP contribution in [0.1, 0.15) is 21.7 Å². The summed E-state index contributed by atoms with van der Waals surface area (Å²) in [5.74, 6) is -0.719. The second kappa shape index (κ2) is 6.93. The number of carbonyl (C=O) groups excluding carboxylic acids is 1. The quantitative estimate of drug-likeness (QED) is 0.742. The zero-order chi connectivity index (χ0) is 18.9. The van der Waals surface area contributed by atoms with Crippen LogP contribution in [0.25, 0.3) is 5.69 Å². The van der Waals surface area contributed by atoms with Gasteiger partial charge >= 0.3 is 0 Å². The smallest absolute Gasteiger partial charge is 0.265 e. The van der Waals surface area contributed by atoms with Crippen LogP contribution in [0.3, 0.4) is 0 Å². The summed E-state index contributed by atoms with van der Waals surface area (Å²) in [5.41, 5.74) is 2.65. The van der Waals surface area contributed by atoms with E-state index in [1.807, 2.05) is 19.9 Å². The molecule has 0 aliphatic rings. The van der Waals surface area contributed by atoms with E-state index in [0.717, 1.165) is 11.4 Å². The van der Waals surface area contributed by atoms with Crippen molar-refractivity contribution in [2.75, 3.05) is 0 Å². The minimum Gasteiger partial charge on any atom is -0.268 e. The van der Waals surface area contributed by atoms with Gasteiger partial charge in [0, 0.05) is 16.3 Å². The van der Waals surface area contributed by atoms with Crippen LogP contribution in [0.15, 0.2) is 59.5 Å². The Kier molecular flexibility index (Phi) is 4.84. The molecule has 26 heavy (non-hydrogen) atoms. The number of carbonyl (C=O) groups is 1. The molecule has 0 saturated heterocycles. The van der Waals surface area contributed by atoms with E-state index in [2.05, 4.69) is 9.82 Å². The predicted octanol–water partition coefficient (Wildman–Crippen LogP) is 3.26. The molecule has 6 nitrogen and oxygen atoms in total. The molecule has 1 aromatic heterocycles. The molecule has 134 valence electrons. The van der Waals surface area contributed by atoms with E-state index < -0.39 is 15.9 Å². The fourth-order valence-electron chi connectivity index (χ4n) is 2.52. The zero-order valence-corrected chi connectivity index (χ0v) is 15.7. The largest absolute Gasteiger partial charge is 0.268 e. The number of hydrogen-bond acceptors (Lipinski definition) is 4. The number of benzene rings is 2. The highest BCUT2D eigenvalue weighted by Crippen LogP contribution is 2.16. The molecule has 0 bridgehead atoms. The van der Waals surface area contributed by atoms with Gasteiger partial charge in [0.2, 0.25) is 0 Å². The van der Waals surface area contributed by atoms with E-state index in [0.29, 0.717) is 10.7 Å². The number of nitrogens with zero attached hydrogens (tertiary/aromatic N) is 2. The molecule has 3 rings (SSSR count). The number of halogens is 1. The summed E-state index contributed by atoms with van der Waals surface area (Å²) in [6, 6.07) is 14.1. The van der Waals surface area contributed by atoms with Gasteiger partial charge in [-0.2, -0.15) is 5.10 Å². The van der Waals surface area contributed by atoms with Crippen LogP contribution in [0.5, 0.6) is 0 Å². The van der Waals surface area contributed by atoms with E-state index in [4.69, 9.17) is 11.6 Å². The molecule has 0 aliphatic carbocycles. The van der Waals surface area contributed by atoms with Crippen LogP contribution in [0.2, 0.25) is 5.02 Å². The molecule has 8 heteroatoms. The van der Waals surface area contributed by atoms with Crippen LogP contribution >= 0.6 is 11.6 Å². The lowest BCUT2D eigenvalue weighted by molar-refractivity contribution is 0.0981. The Hall–Kier alpha value is -2.64. The maximum absolute atomic E-state index is 12.4. The summed E-state index contributed by atoms with van der Waals surface area (Å²) < 4.78 is 28.5. The first-order valence-corrected chi connectivity index (χ1v) is 9.59. The molecular formula is C18H16ClN3O3S. The van der Waals surface area contributed by atoms with Gasteiger partial charge in [-0.05, 0) is 62.4 Å². The summed E-state index contributed by atoms with van der Waals surface area (Å²) in [5, 5.41) is 4.78. The third-order valence-corrected chi connectivity index (χ3v) is 5.31. The van der Waals surface area contributed by atoms with E-state index >= 15 is 0 Å². The van der Waals surface area contributed by atoms with Crippen LogP contribution < -0.4 is 4.72 Å². The van der Waals surface area contributed by atoms with Gasteiger partial charge in [-0.3, -0.25) is 4.79 Å². The van der Waals surface area contributed by atoms with Gasteiger partial charge in [0.25, 0.3) is 15.9 Å². The first kappa shape index (κ1) is 18.2. The number of sulfonamides is 1. The highest BCUT2D eigenvalue weighted by atomic mass is 35.5. The lowest BCUT2D eigenvalue weighted by Gasteiger charge is -2.09. The Morgan fingerprint density at radius 1 is 1.08 bits per heavy atom. The minimum atomic E-state index is -3.99. The average molecular weight is 390 g/mol. The van der Waals surface area contributed by atoms with Crippen LogP contribution in [-0.2, 0) is 10.0 Å². The van der Waals surface area contributed by atoms with Gasteiger partial charge in [-0.1, -0.05) is 17.7 Å². The Labute approximate surface area is 156 Å². The lowest BCUT2D eigenvalue weighted by atomic mass is 10.2. The molecule has 3 aromatic rings. The van der Waals surface area contributed by atoms with Crippen molar-refractivity contribution in [1.82, 2.24) is 14.5 Å². The van der Waals surface area contributed by atoms with Crippen molar-refractivity contribution >= 4 is 27.5 Å². The predicted molar refractivity (Wildman–Crippen MR) is 99.1 cm³/mol. The van der Waals surface area contributed by atoms with Gasteiger partial charge in [-0.25, -0.2) is 17.8 Å². The van der Waals surface area contributed by atoms with E-state index in [9.17, 15) is 13.2 Å².